The molecule has 4 rings (SSSR count). The van der Waals surface area contributed by atoms with Crippen LogP contribution in [0.2, 0.25) is 0 Å². The molecule has 1 nitrogen and oxygen atoms in total. The van der Waals surface area contributed by atoms with Crippen LogP contribution in [-0.4, -0.2) is 11.7 Å². The highest BCUT2D eigenvalue weighted by atomic mass is 32.1. The molecule has 2 aliphatic carbocycles. The normalized spacial score (nSPS) is 26.1. The van der Waals surface area contributed by atoms with Crippen LogP contribution in [0.5, 0.6) is 0 Å². The first-order valence-corrected chi connectivity index (χ1v) is 13.3. The van der Waals surface area contributed by atoms with E-state index in [0.717, 1.165) is 36.5 Å². The van der Waals surface area contributed by atoms with E-state index in [4.69, 9.17) is 0 Å². The van der Waals surface area contributed by atoms with Crippen LogP contribution < -0.4 is 0 Å². The SMILES string of the molecule is OCC(CCC(Cc1cccs1)CC1CCC2CCCCC2C1)Cc1ccccc1. The van der Waals surface area contributed by atoms with Gasteiger partial charge in [0.1, 0.15) is 0 Å². The first-order chi connectivity index (χ1) is 14.8. The fourth-order valence-corrected chi connectivity index (χ4v) is 7.17. The van der Waals surface area contributed by atoms with Crippen molar-refractivity contribution in [2.75, 3.05) is 6.61 Å². The predicted molar refractivity (Wildman–Crippen MR) is 129 cm³/mol. The van der Waals surface area contributed by atoms with Crippen LogP contribution in [0.15, 0.2) is 47.8 Å². The maximum atomic E-state index is 10.0. The number of rotatable bonds is 10. The van der Waals surface area contributed by atoms with Crippen LogP contribution in [0, 0.1) is 29.6 Å². The van der Waals surface area contributed by atoms with Gasteiger partial charge in [0.2, 0.25) is 0 Å². The van der Waals surface area contributed by atoms with Gasteiger partial charge in [0.25, 0.3) is 0 Å². The van der Waals surface area contributed by atoms with Crippen LogP contribution in [0.25, 0.3) is 0 Å². The van der Waals surface area contributed by atoms with Gasteiger partial charge in [-0.3, -0.25) is 0 Å². The van der Waals surface area contributed by atoms with Gasteiger partial charge in [0.05, 0.1) is 0 Å². The van der Waals surface area contributed by atoms with Crippen LogP contribution in [-0.2, 0) is 12.8 Å². The van der Waals surface area contributed by atoms with E-state index < -0.39 is 0 Å². The molecule has 1 aromatic heterocycles. The Hall–Kier alpha value is -1.12. The third-order valence-electron chi connectivity index (χ3n) is 7.99. The molecule has 0 spiro atoms. The summed E-state index contributed by atoms with van der Waals surface area (Å²) >= 11 is 1.92. The molecule has 30 heavy (non-hydrogen) atoms. The molecular formula is C28H40OS. The van der Waals surface area contributed by atoms with Crippen molar-refractivity contribution in [3.05, 3.63) is 58.3 Å². The molecule has 2 aromatic rings. The Bertz CT molecular complexity index is 710. The van der Waals surface area contributed by atoms with E-state index in [9.17, 15) is 5.11 Å². The second-order valence-electron chi connectivity index (χ2n) is 10.2. The molecule has 1 N–H and O–H groups in total. The molecule has 5 atom stereocenters. The Labute approximate surface area is 187 Å². The van der Waals surface area contributed by atoms with E-state index in [1.165, 1.54) is 69.8 Å². The molecule has 0 saturated heterocycles. The summed E-state index contributed by atoms with van der Waals surface area (Å²) in [5.74, 6) is 4.19. The average Bonchev–Trinajstić information content (AvgIpc) is 3.30. The summed E-state index contributed by atoms with van der Waals surface area (Å²) < 4.78 is 0. The summed E-state index contributed by atoms with van der Waals surface area (Å²) in [7, 11) is 0. The number of aliphatic hydroxyl groups excluding tert-OH is 1. The first-order valence-electron chi connectivity index (χ1n) is 12.5. The molecule has 2 fully saturated rings. The molecule has 164 valence electrons. The quantitative estimate of drug-likeness (QED) is 0.418. The highest BCUT2D eigenvalue weighted by Crippen LogP contribution is 2.45. The molecule has 0 aliphatic heterocycles. The van der Waals surface area contributed by atoms with Gasteiger partial charge in [-0.25, -0.2) is 0 Å². The summed E-state index contributed by atoms with van der Waals surface area (Å²) in [6, 6.07) is 15.2. The van der Waals surface area contributed by atoms with E-state index >= 15 is 0 Å². The van der Waals surface area contributed by atoms with Crippen molar-refractivity contribution in [1.82, 2.24) is 0 Å². The standard InChI is InChI=1S/C28H40OS/c29-21-25(17-22-7-2-1-3-8-22)13-12-24(20-28-11-6-16-30-28)18-23-14-15-26-9-4-5-10-27(26)19-23/h1-3,6-8,11,16,23-27,29H,4-5,9-10,12-15,17-21H2. The fraction of sp³-hybridized carbons (Fsp3) is 0.643. The zero-order valence-corrected chi connectivity index (χ0v) is 19.4. The van der Waals surface area contributed by atoms with E-state index in [2.05, 4.69) is 47.8 Å². The van der Waals surface area contributed by atoms with Gasteiger partial charge >= 0.3 is 0 Å². The summed E-state index contributed by atoms with van der Waals surface area (Å²) in [4.78, 5) is 1.55. The lowest BCUT2D eigenvalue weighted by atomic mass is 9.66. The minimum absolute atomic E-state index is 0.313. The molecule has 1 heterocycles. The third-order valence-corrected chi connectivity index (χ3v) is 8.89. The molecule has 2 heteroatoms. The Kier molecular flexibility index (Phi) is 8.46. The number of hydrogen-bond donors (Lipinski definition) is 1. The maximum Gasteiger partial charge on any atom is 0.0462 e. The number of fused-ring (bicyclic) bond motifs is 1. The first kappa shape index (κ1) is 22.1. The third kappa shape index (κ3) is 6.44. The monoisotopic (exact) mass is 424 g/mol. The van der Waals surface area contributed by atoms with Crippen LogP contribution >= 0.6 is 11.3 Å². The summed E-state index contributed by atoms with van der Waals surface area (Å²) in [5.41, 5.74) is 1.36. The molecule has 0 radical (unpaired) electrons. The molecule has 2 saturated carbocycles. The fourth-order valence-electron chi connectivity index (χ4n) is 6.35. The predicted octanol–water partition coefficient (Wildman–Crippen LogP) is 7.53. The van der Waals surface area contributed by atoms with E-state index in [-0.39, 0.29) is 0 Å². The highest BCUT2D eigenvalue weighted by Gasteiger charge is 2.33. The second-order valence-corrected chi connectivity index (χ2v) is 11.2. The van der Waals surface area contributed by atoms with Crippen LogP contribution in [0.1, 0.15) is 74.6 Å². The summed E-state index contributed by atoms with van der Waals surface area (Å²) in [5, 5.41) is 12.2. The van der Waals surface area contributed by atoms with Crippen molar-refractivity contribution in [2.45, 2.75) is 77.0 Å². The Balaban J connectivity index is 1.33. The summed E-state index contributed by atoms with van der Waals surface area (Å²) in [6.07, 6.45) is 16.5. The molecule has 0 bridgehead atoms. The molecule has 5 unspecified atom stereocenters. The van der Waals surface area contributed by atoms with Gasteiger partial charge in [0, 0.05) is 11.5 Å². The molecule has 0 amide bonds. The van der Waals surface area contributed by atoms with Crippen molar-refractivity contribution < 1.29 is 5.11 Å². The van der Waals surface area contributed by atoms with Gasteiger partial charge < -0.3 is 5.11 Å². The van der Waals surface area contributed by atoms with Crippen molar-refractivity contribution in [2.24, 2.45) is 29.6 Å². The lowest BCUT2D eigenvalue weighted by Gasteiger charge is -2.40. The van der Waals surface area contributed by atoms with E-state index in [1.807, 2.05) is 11.3 Å². The molecular weight excluding hydrogens is 384 g/mol. The van der Waals surface area contributed by atoms with Gasteiger partial charge in [0.15, 0.2) is 0 Å². The number of hydrogen-bond acceptors (Lipinski definition) is 2. The average molecular weight is 425 g/mol. The summed E-state index contributed by atoms with van der Waals surface area (Å²) in [6.45, 7) is 0.313. The lowest BCUT2D eigenvalue weighted by Crippen LogP contribution is -2.29. The molecule has 2 aliphatic rings. The minimum atomic E-state index is 0.313. The molecule has 1 aromatic carbocycles. The zero-order valence-electron chi connectivity index (χ0n) is 18.6. The van der Waals surface area contributed by atoms with Crippen LogP contribution in [0.4, 0.5) is 0 Å². The van der Waals surface area contributed by atoms with Crippen molar-refractivity contribution in [3.8, 4) is 0 Å². The topological polar surface area (TPSA) is 20.2 Å². The van der Waals surface area contributed by atoms with Crippen LogP contribution in [0.3, 0.4) is 0 Å². The smallest absolute Gasteiger partial charge is 0.0462 e. The van der Waals surface area contributed by atoms with Crippen molar-refractivity contribution in [3.63, 3.8) is 0 Å². The van der Waals surface area contributed by atoms with Crippen molar-refractivity contribution in [1.29, 1.82) is 0 Å². The Morgan fingerprint density at radius 1 is 0.833 bits per heavy atom. The second kappa shape index (κ2) is 11.5. The zero-order chi connectivity index (χ0) is 20.6. The van der Waals surface area contributed by atoms with E-state index in [0.29, 0.717) is 12.5 Å². The minimum Gasteiger partial charge on any atom is -0.396 e. The lowest BCUT2D eigenvalue weighted by molar-refractivity contribution is 0.113. The Morgan fingerprint density at radius 2 is 1.63 bits per heavy atom. The largest absolute Gasteiger partial charge is 0.396 e. The van der Waals surface area contributed by atoms with Gasteiger partial charge in [-0.15, -0.1) is 11.3 Å². The highest BCUT2D eigenvalue weighted by molar-refractivity contribution is 7.09. The van der Waals surface area contributed by atoms with E-state index in [1.54, 1.807) is 4.88 Å². The number of aliphatic hydroxyl groups is 1. The van der Waals surface area contributed by atoms with Gasteiger partial charge in [-0.1, -0.05) is 68.5 Å². The van der Waals surface area contributed by atoms with Gasteiger partial charge in [-0.05, 0) is 91.5 Å². The maximum absolute atomic E-state index is 10.0. The number of thiophene rings is 1. The van der Waals surface area contributed by atoms with Gasteiger partial charge in [-0.2, -0.15) is 0 Å². The van der Waals surface area contributed by atoms with Crippen molar-refractivity contribution >= 4 is 11.3 Å². The Morgan fingerprint density at radius 3 is 2.40 bits per heavy atom. The number of benzene rings is 1.